The molecule has 1 aliphatic heterocycles. The summed E-state index contributed by atoms with van der Waals surface area (Å²) in [7, 11) is -3.94. The second kappa shape index (κ2) is 11.3. The van der Waals surface area contributed by atoms with Crippen LogP contribution in [0, 0.1) is 12.8 Å². The van der Waals surface area contributed by atoms with Crippen molar-refractivity contribution >= 4 is 55.4 Å². The van der Waals surface area contributed by atoms with Crippen molar-refractivity contribution in [2.75, 3.05) is 4.90 Å². The van der Waals surface area contributed by atoms with E-state index in [1.165, 1.54) is 12.1 Å². The minimum atomic E-state index is -3.94. The molecule has 0 spiro atoms. The highest BCUT2D eigenvalue weighted by Gasteiger charge is 2.53. The topological polar surface area (TPSA) is 101 Å². The lowest BCUT2D eigenvalue weighted by Gasteiger charge is -2.25. The molecule has 1 aliphatic rings. The number of rotatable bonds is 7. The standard InChI is InChI=1S/C33H23ClN2O5S2/c1-20-15-16-25(26(17-20)21-9-4-2-5-10-21)30(37)28-29(22-11-8-12-23(34)18-22)36(32(39)31(28)38)33-35-19-27(42-33)43(40,41)24-13-6-3-7-14-24/h2-19,28-29H,1H3. The largest absolute Gasteiger partial charge is 0.297 e. The first kappa shape index (κ1) is 28.7. The highest BCUT2D eigenvalue weighted by Crippen LogP contribution is 2.44. The number of carbonyl (C=O) groups excluding carboxylic acids is 3. The molecule has 0 N–H and O–H groups in total. The van der Waals surface area contributed by atoms with Gasteiger partial charge in [0.15, 0.2) is 10.9 Å². The van der Waals surface area contributed by atoms with Crippen molar-refractivity contribution in [3.63, 3.8) is 0 Å². The molecule has 0 bridgehead atoms. The van der Waals surface area contributed by atoms with E-state index >= 15 is 0 Å². The number of benzene rings is 4. The Hall–Kier alpha value is -4.44. The lowest BCUT2D eigenvalue weighted by atomic mass is 9.83. The first-order valence-electron chi connectivity index (χ1n) is 13.3. The van der Waals surface area contributed by atoms with Crippen LogP contribution >= 0.6 is 22.9 Å². The Morgan fingerprint density at radius 3 is 2.28 bits per heavy atom. The number of nitrogens with zero attached hydrogens (tertiary/aromatic N) is 2. The summed E-state index contributed by atoms with van der Waals surface area (Å²) < 4.78 is 26.5. The van der Waals surface area contributed by atoms with Crippen LogP contribution in [-0.2, 0) is 19.4 Å². The average molecular weight is 627 g/mol. The molecule has 2 atom stereocenters. The molecule has 1 saturated heterocycles. The van der Waals surface area contributed by atoms with Crippen molar-refractivity contribution < 1.29 is 22.8 Å². The van der Waals surface area contributed by atoms with E-state index in [1.807, 2.05) is 43.3 Å². The van der Waals surface area contributed by atoms with Crippen LogP contribution in [0.3, 0.4) is 0 Å². The Morgan fingerprint density at radius 2 is 1.58 bits per heavy atom. The molecule has 43 heavy (non-hydrogen) atoms. The number of aromatic nitrogens is 1. The summed E-state index contributed by atoms with van der Waals surface area (Å²) in [4.78, 5) is 47.2. The third kappa shape index (κ3) is 5.20. The number of hydrogen-bond acceptors (Lipinski definition) is 7. The van der Waals surface area contributed by atoms with Gasteiger partial charge in [-0.15, -0.1) is 0 Å². The highest BCUT2D eigenvalue weighted by atomic mass is 35.5. The van der Waals surface area contributed by atoms with E-state index in [0.29, 0.717) is 21.7 Å². The quantitative estimate of drug-likeness (QED) is 0.112. The smallest absolute Gasteiger partial charge is 0.293 e. The zero-order valence-corrected chi connectivity index (χ0v) is 25.1. The predicted octanol–water partition coefficient (Wildman–Crippen LogP) is 6.76. The Kier molecular flexibility index (Phi) is 7.56. The number of amides is 1. The molecule has 6 rings (SSSR count). The number of anilines is 1. The van der Waals surface area contributed by atoms with Crippen molar-refractivity contribution in [3.05, 3.63) is 131 Å². The number of Topliss-reactive ketones (excluding diaryl/α,β-unsaturated/α-hetero) is 2. The molecule has 2 heterocycles. The first-order valence-corrected chi connectivity index (χ1v) is 15.9. The molecule has 0 saturated carbocycles. The number of carbonyl (C=O) groups is 3. The van der Waals surface area contributed by atoms with Crippen LogP contribution in [0.4, 0.5) is 5.13 Å². The van der Waals surface area contributed by atoms with Gasteiger partial charge in [-0.2, -0.15) is 0 Å². The zero-order chi connectivity index (χ0) is 30.3. The number of hydrogen-bond donors (Lipinski definition) is 0. The fraction of sp³-hybridized carbons (Fsp3) is 0.0909. The lowest BCUT2D eigenvalue weighted by molar-refractivity contribution is -0.135. The fourth-order valence-electron chi connectivity index (χ4n) is 5.27. The average Bonchev–Trinajstić information content (AvgIpc) is 3.61. The van der Waals surface area contributed by atoms with Crippen molar-refractivity contribution in [1.82, 2.24) is 4.98 Å². The van der Waals surface area contributed by atoms with Gasteiger partial charge in [-0.1, -0.05) is 107 Å². The van der Waals surface area contributed by atoms with Gasteiger partial charge in [0.05, 0.1) is 17.1 Å². The zero-order valence-electron chi connectivity index (χ0n) is 22.7. The van der Waals surface area contributed by atoms with Crippen LogP contribution in [0.15, 0.2) is 118 Å². The molecule has 0 aliphatic carbocycles. The summed E-state index contributed by atoms with van der Waals surface area (Å²) in [6.07, 6.45) is 1.16. The Bertz CT molecular complexity index is 1990. The number of aryl methyl sites for hydroxylation is 1. The molecule has 214 valence electrons. The second-order valence-corrected chi connectivity index (χ2v) is 13.7. The highest BCUT2D eigenvalue weighted by molar-refractivity contribution is 7.93. The molecular formula is C33H23ClN2O5S2. The van der Waals surface area contributed by atoms with Crippen LogP contribution in [0.2, 0.25) is 5.02 Å². The minimum absolute atomic E-state index is 0.0136. The number of sulfone groups is 1. The van der Waals surface area contributed by atoms with Gasteiger partial charge in [0, 0.05) is 10.6 Å². The maximum Gasteiger partial charge on any atom is 0.297 e. The van der Waals surface area contributed by atoms with E-state index in [4.69, 9.17) is 11.6 Å². The summed E-state index contributed by atoms with van der Waals surface area (Å²) in [6, 6.07) is 28.0. The number of ketones is 2. The normalized spacial score (nSPS) is 16.9. The summed E-state index contributed by atoms with van der Waals surface area (Å²) in [6.45, 7) is 1.91. The van der Waals surface area contributed by atoms with Crippen molar-refractivity contribution in [3.8, 4) is 11.1 Å². The summed E-state index contributed by atoms with van der Waals surface area (Å²) in [5.41, 5.74) is 3.09. The monoisotopic (exact) mass is 626 g/mol. The second-order valence-electron chi connectivity index (χ2n) is 10.1. The molecule has 4 aromatic carbocycles. The van der Waals surface area contributed by atoms with Gasteiger partial charge in [-0.05, 0) is 47.9 Å². The third-order valence-electron chi connectivity index (χ3n) is 7.30. The van der Waals surface area contributed by atoms with Gasteiger partial charge in [0.1, 0.15) is 10.1 Å². The van der Waals surface area contributed by atoms with Crippen LogP contribution in [0.5, 0.6) is 0 Å². The van der Waals surface area contributed by atoms with Gasteiger partial charge in [0.25, 0.3) is 5.91 Å². The Balaban J connectivity index is 1.48. The minimum Gasteiger partial charge on any atom is -0.293 e. The molecule has 7 nitrogen and oxygen atoms in total. The van der Waals surface area contributed by atoms with Gasteiger partial charge < -0.3 is 0 Å². The van der Waals surface area contributed by atoms with Gasteiger partial charge in [0.2, 0.25) is 15.6 Å². The summed E-state index contributed by atoms with van der Waals surface area (Å²) >= 11 is 7.08. The molecule has 10 heteroatoms. The van der Waals surface area contributed by atoms with E-state index in [0.717, 1.165) is 33.6 Å². The Labute approximate surface area is 257 Å². The van der Waals surface area contributed by atoms with Gasteiger partial charge in [-0.3, -0.25) is 19.3 Å². The van der Waals surface area contributed by atoms with Crippen LogP contribution in [0.25, 0.3) is 11.1 Å². The Morgan fingerprint density at radius 1 is 0.884 bits per heavy atom. The van der Waals surface area contributed by atoms with Crippen molar-refractivity contribution in [2.45, 2.75) is 22.1 Å². The molecule has 1 aromatic heterocycles. The van der Waals surface area contributed by atoms with E-state index in [1.54, 1.807) is 54.6 Å². The predicted molar refractivity (Wildman–Crippen MR) is 165 cm³/mol. The summed E-state index contributed by atoms with van der Waals surface area (Å²) in [5, 5.41) is 0.336. The van der Waals surface area contributed by atoms with E-state index in [9.17, 15) is 22.8 Å². The SMILES string of the molecule is Cc1ccc(C(=O)C2C(=O)C(=O)N(c3ncc(S(=O)(=O)c4ccccc4)s3)C2c2cccc(Cl)c2)c(-c2ccccc2)c1. The summed E-state index contributed by atoms with van der Waals surface area (Å²) in [5.74, 6) is -3.81. The van der Waals surface area contributed by atoms with E-state index in [2.05, 4.69) is 4.98 Å². The maximum atomic E-state index is 14.4. The molecule has 5 aromatic rings. The lowest BCUT2D eigenvalue weighted by Crippen LogP contribution is -2.30. The molecular weight excluding hydrogens is 604 g/mol. The van der Waals surface area contributed by atoms with Crippen molar-refractivity contribution in [2.24, 2.45) is 5.92 Å². The van der Waals surface area contributed by atoms with E-state index < -0.39 is 39.3 Å². The van der Waals surface area contributed by atoms with Crippen LogP contribution < -0.4 is 4.90 Å². The molecule has 0 radical (unpaired) electrons. The van der Waals surface area contributed by atoms with Gasteiger partial charge >= 0.3 is 0 Å². The molecule has 1 fully saturated rings. The molecule has 2 unspecified atom stereocenters. The van der Waals surface area contributed by atoms with Crippen LogP contribution in [-0.4, -0.2) is 30.9 Å². The number of thiazole rings is 1. The van der Waals surface area contributed by atoms with E-state index in [-0.39, 0.29) is 14.2 Å². The third-order valence-corrected chi connectivity index (χ3v) is 10.8. The molecule has 1 amide bonds. The van der Waals surface area contributed by atoms with Crippen molar-refractivity contribution in [1.29, 1.82) is 0 Å². The first-order chi connectivity index (χ1) is 20.7. The maximum absolute atomic E-state index is 14.4. The van der Waals surface area contributed by atoms with Gasteiger partial charge in [-0.25, -0.2) is 13.4 Å². The van der Waals surface area contributed by atoms with Crippen LogP contribution in [0.1, 0.15) is 27.5 Å². The fourth-order valence-corrected chi connectivity index (χ4v) is 8.04. The number of halogens is 1.